The highest BCUT2D eigenvalue weighted by atomic mass is 16.5. The van der Waals surface area contributed by atoms with E-state index in [0.29, 0.717) is 41.6 Å². The molecule has 2 N–H and O–H groups in total. The second kappa shape index (κ2) is 9.61. The summed E-state index contributed by atoms with van der Waals surface area (Å²) in [4.78, 5) is 24.7. The molecule has 5 heteroatoms. The number of anilines is 1. The van der Waals surface area contributed by atoms with Gasteiger partial charge in [-0.05, 0) is 42.7 Å². The first-order valence-corrected chi connectivity index (χ1v) is 8.92. The standard InChI is InChI=1S/C21H26N2O3/c1-4-12-22-20(24)16-8-7-9-17(13-16)23-21(25)18-10-5-6-11-19(18)26-14-15(2)3/h5-11,13,15H,4,12,14H2,1-3H3,(H,22,24)(H,23,25). The van der Waals surface area contributed by atoms with Crippen molar-refractivity contribution in [1.82, 2.24) is 5.32 Å². The average Bonchev–Trinajstić information content (AvgIpc) is 2.64. The van der Waals surface area contributed by atoms with Crippen LogP contribution >= 0.6 is 0 Å². The van der Waals surface area contributed by atoms with Gasteiger partial charge in [0.05, 0.1) is 12.2 Å². The molecular weight excluding hydrogens is 328 g/mol. The Balaban J connectivity index is 2.12. The van der Waals surface area contributed by atoms with Crippen molar-refractivity contribution in [3.8, 4) is 5.75 Å². The van der Waals surface area contributed by atoms with E-state index in [0.717, 1.165) is 6.42 Å². The van der Waals surface area contributed by atoms with Crippen LogP contribution in [0.5, 0.6) is 5.75 Å². The zero-order valence-corrected chi connectivity index (χ0v) is 15.5. The second-order valence-corrected chi connectivity index (χ2v) is 6.49. The Bertz CT molecular complexity index is 756. The minimum Gasteiger partial charge on any atom is -0.492 e. The van der Waals surface area contributed by atoms with Gasteiger partial charge in [-0.2, -0.15) is 0 Å². The molecule has 0 aliphatic rings. The van der Waals surface area contributed by atoms with Crippen molar-refractivity contribution in [2.45, 2.75) is 27.2 Å². The number of carbonyl (C=O) groups excluding carboxylic acids is 2. The summed E-state index contributed by atoms with van der Waals surface area (Å²) in [6.07, 6.45) is 0.870. The minimum atomic E-state index is -0.268. The summed E-state index contributed by atoms with van der Waals surface area (Å²) in [7, 11) is 0. The Morgan fingerprint density at radius 1 is 1.04 bits per heavy atom. The fraction of sp³-hybridized carbons (Fsp3) is 0.333. The van der Waals surface area contributed by atoms with Gasteiger partial charge in [-0.3, -0.25) is 9.59 Å². The average molecular weight is 354 g/mol. The van der Waals surface area contributed by atoms with Gasteiger partial charge in [0.2, 0.25) is 0 Å². The number of ether oxygens (including phenoxy) is 1. The summed E-state index contributed by atoms with van der Waals surface area (Å²) in [6.45, 7) is 7.26. The van der Waals surface area contributed by atoms with E-state index in [1.807, 2.05) is 13.0 Å². The van der Waals surface area contributed by atoms with E-state index in [-0.39, 0.29) is 11.8 Å². The molecule has 2 amide bonds. The van der Waals surface area contributed by atoms with E-state index in [2.05, 4.69) is 24.5 Å². The van der Waals surface area contributed by atoms with Gasteiger partial charge >= 0.3 is 0 Å². The van der Waals surface area contributed by atoms with Gasteiger partial charge < -0.3 is 15.4 Å². The van der Waals surface area contributed by atoms with Gasteiger partial charge in [-0.15, -0.1) is 0 Å². The number of benzene rings is 2. The van der Waals surface area contributed by atoms with Crippen LogP contribution < -0.4 is 15.4 Å². The van der Waals surface area contributed by atoms with Crippen LogP contribution in [0.4, 0.5) is 5.69 Å². The van der Waals surface area contributed by atoms with Crippen molar-refractivity contribution in [1.29, 1.82) is 0 Å². The number of amides is 2. The molecule has 0 aromatic heterocycles. The molecule has 2 rings (SSSR count). The topological polar surface area (TPSA) is 67.4 Å². The van der Waals surface area contributed by atoms with E-state index in [9.17, 15) is 9.59 Å². The van der Waals surface area contributed by atoms with Crippen LogP contribution in [0.1, 0.15) is 47.9 Å². The smallest absolute Gasteiger partial charge is 0.259 e. The monoisotopic (exact) mass is 354 g/mol. The quantitative estimate of drug-likeness (QED) is 0.749. The number of hydrogen-bond acceptors (Lipinski definition) is 3. The van der Waals surface area contributed by atoms with Crippen LogP contribution in [-0.2, 0) is 0 Å². The van der Waals surface area contributed by atoms with Crippen LogP contribution in [0.25, 0.3) is 0 Å². The lowest BCUT2D eigenvalue weighted by atomic mass is 10.1. The molecule has 0 aliphatic heterocycles. The highest BCUT2D eigenvalue weighted by Crippen LogP contribution is 2.21. The Kier molecular flexibility index (Phi) is 7.21. The molecular formula is C21H26N2O3. The van der Waals surface area contributed by atoms with Crippen molar-refractivity contribution >= 4 is 17.5 Å². The molecule has 138 valence electrons. The fourth-order valence-corrected chi connectivity index (χ4v) is 2.31. The largest absolute Gasteiger partial charge is 0.492 e. The number of rotatable bonds is 8. The summed E-state index contributed by atoms with van der Waals surface area (Å²) in [6, 6.07) is 14.0. The molecule has 2 aromatic rings. The third kappa shape index (κ3) is 5.62. The maximum atomic E-state index is 12.6. The maximum Gasteiger partial charge on any atom is 0.259 e. The first kappa shape index (κ1) is 19.5. The fourth-order valence-electron chi connectivity index (χ4n) is 2.31. The van der Waals surface area contributed by atoms with Gasteiger partial charge in [0, 0.05) is 17.8 Å². The van der Waals surface area contributed by atoms with Crippen molar-refractivity contribution < 1.29 is 14.3 Å². The van der Waals surface area contributed by atoms with Gasteiger partial charge in [0.25, 0.3) is 11.8 Å². The molecule has 5 nitrogen and oxygen atoms in total. The molecule has 0 heterocycles. The number of para-hydroxylation sites is 1. The Morgan fingerprint density at radius 3 is 2.54 bits per heavy atom. The van der Waals surface area contributed by atoms with Crippen molar-refractivity contribution in [2.75, 3.05) is 18.5 Å². The molecule has 0 unspecified atom stereocenters. The third-order valence-corrected chi connectivity index (χ3v) is 3.62. The number of nitrogens with one attached hydrogen (secondary N) is 2. The molecule has 0 saturated heterocycles. The summed E-state index contributed by atoms with van der Waals surface area (Å²) in [5.41, 5.74) is 1.55. The zero-order chi connectivity index (χ0) is 18.9. The van der Waals surface area contributed by atoms with Gasteiger partial charge in [0.1, 0.15) is 5.75 Å². The predicted octanol–water partition coefficient (Wildman–Crippen LogP) is 4.11. The maximum absolute atomic E-state index is 12.6. The lowest BCUT2D eigenvalue weighted by molar-refractivity contribution is 0.0952. The van der Waals surface area contributed by atoms with Crippen molar-refractivity contribution in [3.05, 3.63) is 59.7 Å². The normalized spacial score (nSPS) is 10.5. The lowest BCUT2D eigenvalue weighted by Crippen LogP contribution is -2.24. The molecule has 26 heavy (non-hydrogen) atoms. The van der Waals surface area contributed by atoms with Crippen molar-refractivity contribution in [2.24, 2.45) is 5.92 Å². The van der Waals surface area contributed by atoms with Crippen LogP contribution in [0.3, 0.4) is 0 Å². The highest BCUT2D eigenvalue weighted by Gasteiger charge is 2.14. The van der Waals surface area contributed by atoms with Crippen LogP contribution in [0, 0.1) is 5.92 Å². The van der Waals surface area contributed by atoms with Crippen LogP contribution in [-0.4, -0.2) is 25.0 Å². The second-order valence-electron chi connectivity index (χ2n) is 6.49. The lowest BCUT2D eigenvalue weighted by Gasteiger charge is -2.13. The molecule has 0 spiro atoms. The Hall–Kier alpha value is -2.82. The van der Waals surface area contributed by atoms with Crippen LogP contribution in [0.2, 0.25) is 0 Å². The minimum absolute atomic E-state index is 0.149. The summed E-state index contributed by atoms with van der Waals surface area (Å²) in [5.74, 6) is 0.499. The van der Waals surface area contributed by atoms with E-state index in [4.69, 9.17) is 4.74 Å². The predicted molar refractivity (Wildman–Crippen MR) is 104 cm³/mol. The van der Waals surface area contributed by atoms with E-state index in [1.165, 1.54) is 0 Å². The summed E-state index contributed by atoms with van der Waals surface area (Å²) in [5, 5.41) is 5.66. The van der Waals surface area contributed by atoms with E-state index in [1.54, 1.807) is 42.5 Å². The van der Waals surface area contributed by atoms with Gasteiger partial charge in [0.15, 0.2) is 0 Å². The number of carbonyl (C=O) groups is 2. The van der Waals surface area contributed by atoms with Crippen molar-refractivity contribution in [3.63, 3.8) is 0 Å². The van der Waals surface area contributed by atoms with Gasteiger partial charge in [-0.25, -0.2) is 0 Å². The molecule has 0 bridgehead atoms. The molecule has 0 aliphatic carbocycles. The van der Waals surface area contributed by atoms with Gasteiger partial charge in [-0.1, -0.05) is 39.0 Å². The summed E-state index contributed by atoms with van der Waals surface area (Å²) < 4.78 is 5.74. The SMILES string of the molecule is CCCNC(=O)c1cccc(NC(=O)c2ccccc2OCC(C)C)c1. The van der Waals surface area contributed by atoms with Crippen LogP contribution in [0.15, 0.2) is 48.5 Å². The number of hydrogen-bond donors (Lipinski definition) is 2. The van der Waals surface area contributed by atoms with E-state index < -0.39 is 0 Å². The first-order chi connectivity index (χ1) is 12.5. The molecule has 0 fully saturated rings. The Morgan fingerprint density at radius 2 is 1.81 bits per heavy atom. The molecule has 2 aromatic carbocycles. The third-order valence-electron chi connectivity index (χ3n) is 3.62. The first-order valence-electron chi connectivity index (χ1n) is 8.92. The Labute approximate surface area is 154 Å². The molecule has 0 saturated carbocycles. The molecule has 0 atom stereocenters. The van der Waals surface area contributed by atoms with E-state index >= 15 is 0 Å². The zero-order valence-electron chi connectivity index (χ0n) is 15.5. The molecule has 0 radical (unpaired) electrons. The highest BCUT2D eigenvalue weighted by molar-refractivity contribution is 6.06. The summed E-state index contributed by atoms with van der Waals surface area (Å²) >= 11 is 0.